The molecule has 0 aliphatic rings. The third-order valence-electron chi connectivity index (χ3n) is 2.57. The van der Waals surface area contributed by atoms with Crippen LogP contribution in [0.4, 0.5) is 11.5 Å². The molecule has 0 radical (unpaired) electrons. The van der Waals surface area contributed by atoms with Gasteiger partial charge in [0.2, 0.25) is 0 Å². The number of rotatable bonds is 4. The van der Waals surface area contributed by atoms with Crippen molar-refractivity contribution in [3.8, 4) is 5.75 Å². The van der Waals surface area contributed by atoms with Crippen molar-refractivity contribution in [3.05, 3.63) is 45.0 Å². The van der Waals surface area contributed by atoms with Gasteiger partial charge in [-0.15, -0.1) is 0 Å². The number of pyridine rings is 1. The molecule has 0 fully saturated rings. The fourth-order valence-electron chi connectivity index (χ4n) is 1.61. The van der Waals surface area contributed by atoms with Gasteiger partial charge in [0.25, 0.3) is 0 Å². The molecule has 0 atom stereocenters. The lowest BCUT2D eigenvalue weighted by molar-refractivity contribution is 0.412. The highest BCUT2D eigenvalue weighted by molar-refractivity contribution is 9.11. The van der Waals surface area contributed by atoms with Crippen molar-refractivity contribution in [2.75, 3.05) is 12.4 Å². The number of ether oxygens (including phenoxy) is 1. The number of nitrogens with one attached hydrogen (secondary N) is 1. The van der Waals surface area contributed by atoms with Gasteiger partial charge in [-0.25, -0.2) is 4.98 Å². The molecule has 0 unspecified atom stereocenters. The highest BCUT2D eigenvalue weighted by atomic mass is 79.9. The number of methoxy groups -OCH3 is 1. The zero-order valence-electron chi connectivity index (χ0n) is 10.5. The van der Waals surface area contributed by atoms with Gasteiger partial charge in [0.05, 0.1) is 22.8 Å². The van der Waals surface area contributed by atoms with Crippen molar-refractivity contribution in [1.82, 2.24) is 4.98 Å². The summed E-state index contributed by atoms with van der Waals surface area (Å²) in [4.78, 5) is 4.55. The molecule has 2 rings (SSSR count). The number of aromatic nitrogens is 1. The second-order valence-corrected chi connectivity index (χ2v) is 6.00. The highest BCUT2D eigenvalue weighted by Crippen LogP contribution is 2.36. The number of nitrogens with zero attached hydrogens (tertiary/aromatic N) is 1. The minimum atomic E-state index is 0.292. The Morgan fingerprint density at radius 3 is 2.75 bits per heavy atom. The lowest BCUT2D eigenvalue weighted by Crippen LogP contribution is -2.12. The molecule has 1 aromatic heterocycles. The summed E-state index contributed by atoms with van der Waals surface area (Å²) in [6.07, 6.45) is 1.67. The normalized spacial score (nSPS) is 10.2. The van der Waals surface area contributed by atoms with Gasteiger partial charge in [0.15, 0.2) is 0 Å². The van der Waals surface area contributed by atoms with Crippen LogP contribution in [-0.2, 0) is 0 Å². The van der Waals surface area contributed by atoms with Gasteiger partial charge in [-0.3, -0.25) is 0 Å². The highest BCUT2D eigenvalue weighted by Gasteiger charge is 2.11. The Kier molecular flexibility index (Phi) is 4.95. The van der Waals surface area contributed by atoms with Crippen LogP contribution in [0.25, 0.3) is 0 Å². The molecule has 0 aliphatic heterocycles. The molecule has 104 valence electrons. The maximum Gasteiger partial charge on any atom is 0.140 e. The van der Waals surface area contributed by atoms with E-state index in [1.54, 1.807) is 19.4 Å². The Labute approximate surface area is 139 Å². The molecule has 20 heavy (non-hydrogen) atoms. The maximum atomic E-state index is 5.69. The maximum absolute atomic E-state index is 5.69. The summed E-state index contributed by atoms with van der Waals surface area (Å²) in [5, 5.41) is 3.20. The van der Waals surface area contributed by atoms with Crippen LogP contribution in [0.2, 0.25) is 0 Å². The predicted molar refractivity (Wildman–Crippen MR) is 91.8 cm³/mol. The fourth-order valence-corrected chi connectivity index (χ4v) is 3.03. The van der Waals surface area contributed by atoms with E-state index in [-0.39, 0.29) is 0 Å². The molecule has 0 saturated carbocycles. The van der Waals surface area contributed by atoms with E-state index in [4.69, 9.17) is 22.7 Å². The van der Waals surface area contributed by atoms with Gasteiger partial charge in [-0.05, 0) is 50.1 Å². The van der Waals surface area contributed by atoms with Crippen molar-refractivity contribution in [2.45, 2.75) is 0 Å². The van der Waals surface area contributed by atoms with E-state index in [0.717, 1.165) is 14.6 Å². The van der Waals surface area contributed by atoms with Crippen LogP contribution in [-0.4, -0.2) is 17.1 Å². The standard InChI is InChI=1S/C13H11Br2N3OS/c1-19-11-6-10(8(14)5-9(11)15)18-13-7(12(16)20)3-2-4-17-13/h2-6H,1H3,(H2,16,20)(H,17,18). The van der Waals surface area contributed by atoms with Crippen molar-refractivity contribution in [3.63, 3.8) is 0 Å². The van der Waals surface area contributed by atoms with Gasteiger partial charge in [0, 0.05) is 16.7 Å². The van der Waals surface area contributed by atoms with E-state index in [1.165, 1.54) is 0 Å². The third-order valence-corrected chi connectivity index (χ3v) is 4.06. The van der Waals surface area contributed by atoms with Gasteiger partial charge >= 0.3 is 0 Å². The number of thiocarbonyl (C=S) groups is 1. The first-order chi connectivity index (χ1) is 9.52. The first-order valence-electron chi connectivity index (χ1n) is 5.57. The number of hydrogen-bond donors (Lipinski definition) is 2. The summed E-state index contributed by atoms with van der Waals surface area (Å²) in [6.45, 7) is 0. The van der Waals surface area contributed by atoms with Crippen molar-refractivity contribution in [2.24, 2.45) is 5.73 Å². The summed E-state index contributed by atoms with van der Waals surface area (Å²) in [7, 11) is 1.61. The van der Waals surface area contributed by atoms with Crippen LogP contribution in [0.5, 0.6) is 5.75 Å². The average molecular weight is 417 g/mol. The number of nitrogens with two attached hydrogens (primary N) is 1. The number of hydrogen-bond acceptors (Lipinski definition) is 4. The summed E-state index contributed by atoms with van der Waals surface area (Å²) in [5.41, 5.74) is 7.19. The van der Waals surface area contributed by atoms with E-state index in [9.17, 15) is 0 Å². The molecule has 7 heteroatoms. The molecule has 1 aromatic carbocycles. The van der Waals surface area contributed by atoms with Crippen LogP contribution in [0.1, 0.15) is 5.56 Å². The molecule has 0 spiro atoms. The van der Waals surface area contributed by atoms with Gasteiger partial charge in [-0.1, -0.05) is 12.2 Å². The van der Waals surface area contributed by atoms with Gasteiger partial charge in [0.1, 0.15) is 16.6 Å². The first kappa shape index (κ1) is 15.2. The smallest absolute Gasteiger partial charge is 0.140 e. The number of anilines is 2. The molecule has 2 aromatic rings. The Hall–Kier alpha value is -1.18. The zero-order valence-corrected chi connectivity index (χ0v) is 14.5. The summed E-state index contributed by atoms with van der Waals surface area (Å²) in [5.74, 6) is 1.31. The van der Waals surface area contributed by atoms with Crippen molar-refractivity contribution >= 4 is 60.6 Å². The second-order valence-electron chi connectivity index (χ2n) is 3.86. The van der Waals surface area contributed by atoms with Crippen LogP contribution < -0.4 is 15.8 Å². The largest absolute Gasteiger partial charge is 0.495 e. The third kappa shape index (κ3) is 3.28. The molecule has 0 aliphatic carbocycles. The molecule has 1 heterocycles. The SMILES string of the molecule is COc1cc(Nc2ncccc2C(N)=S)c(Br)cc1Br. The Balaban J connectivity index is 2.42. The van der Waals surface area contributed by atoms with Gasteiger partial charge < -0.3 is 15.8 Å². The zero-order chi connectivity index (χ0) is 14.7. The average Bonchev–Trinajstić information content (AvgIpc) is 2.42. The number of halogens is 2. The van der Waals surface area contributed by atoms with Crippen molar-refractivity contribution < 1.29 is 4.74 Å². The van der Waals surface area contributed by atoms with Crippen LogP contribution in [0.15, 0.2) is 39.4 Å². The van der Waals surface area contributed by atoms with Crippen LogP contribution in [0, 0.1) is 0 Å². The molecule has 0 bridgehead atoms. The minimum absolute atomic E-state index is 0.292. The summed E-state index contributed by atoms with van der Waals surface area (Å²) in [6, 6.07) is 7.36. The Morgan fingerprint density at radius 2 is 2.10 bits per heavy atom. The number of benzene rings is 1. The quantitative estimate of drug-likeness (QED) is 0.737. The van der Waals surface area contributed by atoms with E-state index >= 15 is 0 Å². The van der Waals surface area contributed by atoms with Gasteiger partial charge in [-0.2, -0.15) is 0 Å². The molecule has 0 saturated heterocycles. The molecule has 3 N–H and O–H groups in total. The van der Waals surface area contributed by atoms with E-state index in [1.807, 2.05) is 18.2 Å². The van der Waals surface area contributed by atoms with Crippen LogP contribution >= 0.6 is 44.1 Å². The predicted octanol–water partition coefficient (Wildman–Crippen LogP) is 3.99. The van der Waals surface area contributed by atoms with E-state index in [2.05, 4.69) is 42.2 Å². The Bertz CT molecular complexity index is 664. The topological polar surface area (TPSA) is 60.2 Å². The minimum Gasteiger partial charge on any atom is -0.495 e. The lowest BCUT2D eigenvalue weighted by Gasteiger charge is -2.13. The van der Waals surface area contributed by atoms with E-state index < -0.39 is 0 Å². The first-order valence-corrected chi connectivity index (χ1v) is 7.57. The molecular weight excluding hydrogens is 406 g/mol. The Morgan fingerprint density at radius 1 is 1.35 bits per heavy atom. The lowest BCUT2D eigenvalue weighted by atomic mass is 10.2. The molecule has 0 amide bonds. The second kappa shape index (κ2) is 6.51. The van der Waals surface area contributed by atoms with Crippen LogP contribution in [0.3, 0.4) is 0 Å². The summed E-state index contributed by atoms with van der Waals surface area (Å²) >= 11 is 11.9. The summed E-state index contributed by atoms with van der Waals surface area (Å²) < 4.78 is 7.00. The molecular formula is C13H11Br2N3OS. The fraction of sp³-hybridized carbons (Fsp3) is 0.0769. The van der Waals surface area contributed by atoms with Crippen molar-refractivity contribution in [1.29, 1.82) is 0 Å². The van der Waals surface area contributed by atoms with E-state index in [0.29, 0.717) is 22.1 Å². The monoisotopic (exact) mass is 415 g/mol. The molecule has 4 nitrogen and oxygen atoms in total.